The molecule has 0 amide bonds. The average molecular weight is 504 g/mol. The van der Waals surface area contributed by atoms with Gasteiger partial charge in [-0.2, -0.15) is 9.69 Å². The van der Waals surface area contributed by atoms with Crippen molar-refractivity contribution in [3.63, 3.8) is 0 Å². The molecular formula is C37H31N2+. The van der Waals surface area contributed by atoms with Gasteiger partial charge in [0, 0.05) is 28.3 Å². The highest BCUT2D eigenvalue weighted by atomic mass is 15.6. The SMILES string of the molecule is C1=CC(c2ccc3c(c2)c2cc(-c4ccccc4)ccc2n3[NH+]2c3ccccc3C2c2ccccc2)CCC1. The molecule has 0 spiro atoms. The highest BCUT2D eigenvalue weighted by Crippen LogP contribution is 2.39. The lowest BCUT2D eigenvalue weighted by Gasteiger charge is -2.39. The van der Waals surface area contributed by atoms with Crippen molar-refractivity contribution in [2.75, 3.05) is 0 Å². The average Bonchev–Trinajstić information content (AvgIpc) is 3.32. The van der Waals surface area contributed by atoms with E-state index < -0.39 is 0 Å². The predicted octanol–water partition coefficient (Wildman–Crippen LogP) is 8.37. The summed E-state index contributed by atoms with van der Waals surface area (Å²) in [6.07, 6.45) is 8.49. The predicted molar refractivity (Wildman–Crippen MR) is 161 cm³/mol. The molecule has 0 bridgehead atoms. The molecule has 0 saturated carbocycles. The van der Waals surface area contributed by atoms with Crippen LogP contribution in [-0.2, 0) is 0 Å². The molecule has 1 aliphatic heterocycles. The van der Waals surface area contributed by atoms with Crippen LogP contribution in [0.1, 0.15) is 47.9 Å². The second-order valence-electron chi connectivity index (χ2n) is 11.0. The van der Waals surface area contributed by atoms with Gasteiger partial charge in [0.15, 0.2) is 11.7 Å². The maximum atomic E-state index is 2.56. The van der Waals surface area contributed by atoms with Gasteiger partial charge in [0.05, 0.1) is 5.56 Å². The van der Waals surface area contributed by atoms with Gasteiger partial charge >= 0.3 is 0 Å². The number of allylic oxidation sites excluding steroid dienone is 2. The first-order valence-electron chi connectivity index (χ1n) is 14.2. The minimum Gasteiger partial charge on any atom is -0.187 e. The van der Waals surface area contributed by atoms with Gasteiger partial charge in [-0.05, 0) is 66.3 Å². The maximum absolute atomic E-state index is 2.56. The van der Waals surface area contributed by atoms with Crippen LogP contribution in [0, 0.1) is 0 Å². The monoisotopic (exact) mass is 503 g/mol. The summed E-state index contributed by atoms with van der Waals surface area (Å²) in [5, 5.41) is 4.06. The molecule has 2 heteroatoms. The second kappa shape index (κ2) is 9.11. The van der Waals surface area contributed by atoms with Crippen LogP contribution < -0.4 is 5.01 Å². The lowest BCUT2D eigenvalue weighted by Crippen LogP contribution is -3.14. The highest BCUT2D eigenvalue weighted by Gasteiger charge is 2.44. The van der Waals surface area contributed by atoms with Gasteiger partial charge in [0.1, 0.15) is 11.0 Å². The highest BCUT2D eigenvalue weighted by molar-refractivity contribution is 6.09. The van der Waals surface area contributed by atoms with Crippen molar-refractivity contribution in [1.29, 1.82) is 0 Å². The minimum atomic E-state index is 0.260. The molecule has 3 atom stereocenters. The first-order chi connectivity index (χ1) is 19.4. The quantitative estimate of drug-likeness (QED) is 0.232. The molecule has 2 aliphatic rings. The molecule has 3 unspecified atom stereocenters. The molecule has 39 heavy (non-hydrogen) atoms. The molecule has 2 nitrogen and oxygen atoms in total. The van der Waals surface area contributed by atoms with Gasteiger partial charge in [-0.1, -0.05) is 97.1 Å². The largest absolute Gasteiger partial charge is 0.187 e. The molecule has 0 saturated heterocycles. The zero-order valence-electron chi connectivity index (χ0n) is 21.9. The minimum absolute atomic E-state index is 0.260. The van der Waals surface area contributed by atoms with Crippen molar-refractivity contribution in [2.45, 2.75) is 31.2 Å². The van der Waals surface area contributed by atoms with E-state index in [1.807, 2.05) is 0 Å². The number of para-hydroxylation sites is 1. The third kappa shape index (κ3) is 3.60. The molecule has 2 heterocycles. The number of hydrogen-bond donors (Lipinski definition) is 1. The third-order valence-corrected chi connectivity index (χ3v) is 8.77. The zero-order valence-corrected chi connectivity index (χ0v) is 21.9. The summed E-state index contributed by atoms with van der Waals surface area (Å²) in [6, 6.07) is 45.2. The number of quaternary nitrogens is 1. The Hall–Kier alpha value is -4.40. The normalized spacial score (nSPS) is 20.2. The van der Waals surface area contributed by atoms with Gasteiger partial charge in [0.25, 0.3) is 0 Å². The second-order valence-corrected chi connectivity index (χ2v) is 11.0. The number of fused-ring (bicyclic) bond motifs is 4. The fourth-order valence-corrected chi connectivity index (χ4v) is 6.87. The van der Waals surface area contributed by atoms with E-state index in [9.17, 15) is 0 Å². The van der Waals surface area contributed by atoms with Gasteiger partial charge in [-0.3, -0.25) is 0 Å². The van der Waals surface area contributed by atoms with Crippen LogP contribution in [0.25, 0.3) is 32.9 Å². The summed E-state index contributed by atoms with van der Waals surface area (Å²) < 4.78 is 2.56. The van der Waals surface area contributed by atoms with Crippen LogP contribution in [0.3, 0.4) is 0 Å². The first kappa shape index (κ1) is 22.6. The summed E-state index contributed by atoms with van der Waals surface area (Å²) in [5.74, 6) is 0.507. The number of benzene rings is 5. The Kier molecular flexibility index (Phi) is 5.27. The summed E-state index contributed by atoms with van der Waals surface area (Å²) in [5.41, 5.74) is 10.7. The molecule has 1 N–H and O–H groups in total. The van der Waals surface area contributed by atoms with Gasteiger partial charge in [-0.15, -0.1) is 0 Å². The molecule has 8 rings (SSSR count). The van der Waals surface area contributed by atoms with Crippen molar-refractivity contribution in [3.05, 3.63) is 150 Å². The molecule has 1 aliphatic carbocycles. The Morgan fingerprint density at radius 1 is 0.615 bits per heavy atom. The first-order valence-corrected chi connectivity index (χ1v) is 14.2. The number of hydrogen-bond acceptors (Lipinski definition) is 0. The van der Waals surface area contributed by atoms with Crippen LogP contribution >= 0.6 is 0 Å². The van der Waals surface area contributed by atoms with E-state index in [0.29, 0.717) is 5.92 Å². The van der Waals surface area contributed by atoms with Crippen molar-refractivity contribution in [1.82, 2.24) is 4.68 Å². The van der Waals surface area contributed by atoms with Crippen molar-refractivity contribution in [3.8, 4) is 11.1 Å². The Balaban J connectivity index is 1.39. The van der Waals surface area contributed by atoms with Crippen molar-refractivity contribution < 1.29 is 5.01 Å². The summed E-state index contributed by atoms with van der Waals surface area (Å²) in [7, 11) is 0. The summed E-state index contributed by atoms with van der Waals surface area (Å²) in [4.78, 5) is 0. The van der Waals surface area contributed by atoms with Crippen molar-refractivity contribution >= 4 is 27.5 Å². The fourth-order valence-electron chi connectivity index (χ4n) is 6.87. The zero-order chi connectivity index (χ0) is 25.8. The summed E-state index contributed by atoms with van der Waals surface area (Å²) >= 11 is 0. The third-order valence-electron chi connectivity index (χ3n) is 8.77. The lowest BCUT2D eigenvalue weighted by molar-refractivity contribution is -0.922. The standard InChI is InChI=1S/C37H30N2/c1-4-12-26(13-5-1)29-20-22-35-32(24-29)33-25-30(27-14-6-2-7-15-27)21-23-36(33)38(35)39-34-19-11-10-18-31(34)37(39)28-16-8-3-9-17-28/h1,3-6,8-14,16-25,27,37H,2,7,15H2/p+1. The number of nitrogens with zero attached hydrogens (tertiary/aromatic N) is 1. The van der Waals surface area contributed by atoms with Crippen LogP contribution in [0.15, 0.2) is 133 Å². The van der Waals surface area contributed by atoms with Crippen LogP contribution in [0.4, 0.5) is 5.69 Å². The molecule has 0 fully saturated rings. The lowest BCUT2D eigenvalue weighted by atomic mass is 9.88. The van der Waals surface area contributed by atoms with E-state index in [-0.39, 0.29) is 6.04 Å². The fraction of sp³-hybridized carbons (Fsp3) is 0.135. The van der Waals surface area contributed by atoms with Gasteiger partial charge in [0.2, 0.25) is 0 Å². The van der Waals surface area contributed by atoms with Crippen LogP contribution in [0.5, 0.6) is 0 Å². The van der Waals surface area contributed by atoms with Gasteiger partial charge < -0.3 is 0 Å². The van der Waals surface area contributed by atoms with Crippen molar-refractivity contribution in [2.24, 2.45) is 0 Å². The van der Waals surface area contributed by atoms with Gasteiger partial charge in [-0.25, -0.2) is 0 Å². The van der Waals surface area contributed by atoms with Crippen LogP contribution in [0.2, 0.25) is 0 Å². The molecule has 1 aromatic heterocycles. The Bertz CT molecular complexity index is 1850. The smallest absolute Gasteiger partial charge is 0.172 e. The molecule has 188 valence electrons. The molecule has 5 aromatic carbocycles. The number of rotatable bonds is 4. The topological polar surface area (TPSA) is 9.37 Å². The Morgan fingerprint density at radius 2 is 1.33 bits per heavy atom. The maximum Gasteiger partial charge on any atom is 0.172 e. The van der Waals surface area contributed by atoms with E-state index in [0.717, 1.165) is 0 Å². The van der Waals surface area contributed by atoms with E-state index in [2.05, 4.69) is 138 Å². The Morgan fingerprint density at radius 3 is 2.13 bits per heavy atom. The molecule has 0 radical (unpaired) electrons. The Labute approximate surface area is 229 Å². The number of aromatic nitrogens is 1. The van der Waals surface area contributed by atoms with E-state index in [1.165, 1.54) is 79.6 Å². The number of nitrogens with one attached hydrogen (secondary N) is 1. The van der Waals surface area contributed by atoms with E-state index in [1.54, 1.807) is 0 Å². The van der Waals surface area contributed by atoms with Crippen LogP contribution in [-0.4, -0.2) is 4.68 Å². The molecule has 6 aromatic rings. The van der Waals surface area contributed by atoms with E-state index in [4.69, 9.17) is 0 Å². The summed E-state index contributed by atoms with van der Waals surface area (Å²) in [6.45, 7) is 0. The molecular weight excluding hydrogens is 472 g/mol. The van der Waals surface area contributed by atoms with E-state index >= 15 is 0 Å².